The van der Waals surface area contributed by atoms with Gasteiger partial charge in [-0.2, -0.15) is 0 Å². The fourth-order valence-electron chi connectivity index (χ4n) is 1.92. The van der Waals surface area contributed by atoms with Gasteiger partial charge in [-0.05, 0) is 41.8 Å². The second kappa shape index (κ2) is 8.07. The minimum absolute atomic E-state index is 0.0722. The van der Waals surface area contributed by atoms with Crippen LogP contribution in [0.4, 0.5) is 0 Å². The Labute approximate surface area is 149 Å². The first-order valence-electron chi connectivity index (χ1n) is 6.60. The molecule has 2 nitrogen and oxygen atoms in total. The molecule has 2 aromatic rings. The van der Waals surface area contributed by atoms with Crippen molar-refractivity contribution in [2.24, 2.45) is 0 Å². The zero-order chi connectivity index (χ0) is 16.1. The molecule has 1 amide bonds. The van der Waals surface area contributed by atoms with Gasteiger partial charge in [-0.25, -0.2) is 0 Å². The molecule has 0 fully saturated rings. The molecular formula is C16H13Cl4NO. The van der Waals surface area contributed by atoms with Crippen molar-refractivity contribution in [1.82, 2.24) is 5.32 Å². The second-order valence-corrected chi connectivity index (χ2v) is 6.44. The van der Waals surface area contributed by atoms with Gasteiger partial charge in [0, 0.05) is 33.1 Å². The molecule has 0 aliphatic rings. The number of carbonyl (C=O) groups excluding carboxylic acids is 1. The monoisotopic (exact) mass is 375 g/mol. The molecule has 2 aromatic carbocycles. The summed E-state index contributed by atoms with van der Waals surface area (Å²) in [6.07, 6.45) is 0.892. The van der Waals surface area contributed by atoms with Crippen molar-refractivity contribution in [1.29, 1.82) is 0 Å². The summed E-state index contributed by atoms with van der Waals surface area (Å²) in [5.74, 6) is -0.0722. The van der Waals surface area contributed by atoms with E-state index in [0.717, 1.165) is 11.1 Å². The topological polar surface area (TPSA) is 29.1 Å². The number of benzene rings is 2. The molecule has 2 rings (SSSR count). The summed E-state index contributed by atoms with van der Waals surface area (Å²) in [4.78, 5) is 11.9. The van der Waals surface area contributed by atoms with Crippen LogP contribution >= 0.6 is 46.4 Å². The van der Waals surface area contributed by atoms with Crippen molar-refractivity contribution in [2.45, 2.75) is 19.4 Å². The molecule has 22 heavy (non-hydrogen) atoms. The van der Waals surface area contributed by atoms with Crippen molar-refractivity contribution in [3.8, 4) is 0 Å². The van der Waals surface area contributed by atoms with E-state index in [1.54, 1.807) is 30.3 Å². The summed E-state index contributed by atoms with van der Waals surface area (Å²) in [7, 11) is 0. The lowest BCUT2D eigenvalue weighted by atomic mass is 10.1. The normalized spacial score (nSPS) is 10.5. The maximum Gasteiger partial charge on any atom is 0.220 e. The molecule has 0 saturated carbocycles. The summed E-state index contributed by atoms with van der Waals surface area (Å²) in [5, 5.41) is 5.08. The molecular weight excluding hydrogens is 364 g/mol. The van der Waals surface area contributed by atoms with Gasteiger partial charge in [-0.15, -0.1) is 0 Å². The minimum atomic E-state index is -0.0722. The third-order valence-corrected chi connectivity index (χ3v) is 4.30. The summed E-state index contributed by atoms with van der Waals surface area (Å²) < 4.78 is 0. The number of halogens is 4. The smallest absolute Gasteiger partial charge is 0.220 e. The third kappa shape index (κ3) is 5.06. The summed E-state index contributed by atoms with van der Waals surface area (Å²) >= 11 is 23.8. The average molecular weight is 377 g/mol. The first-order valence-corrected chi connectivity index (χ1v) is 8.11. The van der Waals surface area contributed by atoms with Gasteiger partial charge in [0.15, 0.2) is 0 Å². The van der Waals surface area contributed by atoms with Crippen molar-refractivity contribution in [2.75, 3.05) is 0 Å². The van der Waals surface area contributed by atoms with Crippen LogP contribution in [0.15, 0.2) is 36.4 Å². The number of amides is 1. The Morgan fingerprint density at radius 2 is 1.41 bits per heavy atom. The number of hydrogen-bond donors (Lipinski definition) is 1. The van der Waals surface area contributed by atoms with Gasteiger partial charge in [0.2, 0.25) is 5.91 Å². The maximum atomic E-state index is 11.9. The first-order chi connectivity index (χ1) is 10.5. The molecule has 0 saturated heterocycles. The van der Waals surface area contributed by atoms with E-state index in [2.05, 4.69) is 5.32 Å². The number of carbonyl (C=O) groups is 1. The van der Waals surface area contributed by atoms with Crippen LogP contribution in [0.1, 0.15) is 17.5 Å². The highest BCUT2D eigenvalue weighted by Crippen LogP contribution is 2.22. The molecule has 0 radical (unpaired) electrons. The van der Waals surface area contributed by atoms with Crippen LogP contribution in [0.25, 0.3) is 0 Å². The summed E-state index contributed by atoms with van der Waals surface area (Å²) in [6.45, 7) is 0.364. The Balaban J connectivity index is 1.85. The fraction of sp³-hybridized carbons (Fsp3) is 0.188. The number of nitrogens with one attached hydrogen (secondary N) is 1. The lowest BCUT2D eigenvalue weighted by molar-refractivity contribution is -0.121. The lowest BCUT2D eigenvalue weighted by Crippen LogP contribution is -2.23. The highest BCUT2D eigenvalue weighted by molar-refractivity contribution is 6.35. The summed E-state index contributed by atoms with van der Waals surface area (Å²) in [5.41, 5.74) is 1.72. The third-order valence-electron chi connectivity index (χ3n) is 3.13. The Bertz CT molecular complexity index is 630. The van der Waals surface area contributed by atoms with Crippen LogP contribution in [-0.2, 0) is 17.8 Å². The molecule has 0 bridgehead atoms. The Kier molecular flexibility index (Phi) is 6.39. The van der Waals surface area contributed by atoms with E-state index in [4.69, 9.17) is 46.4 Å². The van der Waals surface area contributed by atoms with Crippen LogP contribution in [0.5, 0.6) is 0 Å². The molecule has 0 heterocycles. The van der Waals surface area contributed by atoms with Gasteiger partial charge >= 0.3 is 0 Å². The van der Waals surface area contributed by atoms with E-state index in [9.17, 15) is 4.79 Å². The molecule has 0 aromatic heterocycles. The van der Waals surface area contributed by atoms with Crippen molar-refractivity contribution in [3.05, 3.63) is 67.6 Å². The van der Waals surface area contributed by atoms with Gasteiger partial charge in [-0.3, -0.25) is 4.79 Å². The average Bonchev–Trinajstić information content (AvgIpc) is 2.45. The molecule has 0 atom stereocenters. The van der Waals surface area contributed by atoms with Gasteiger partial charge in [0.25, 0.3) is 0 Å². The predicted molar refractivity (Wildman–Crippen MR) is 93.1 cm³/mol. The molecule has 116 valence electrons. The standard InChI is InChI=1S/C16H13Cl4NO/c17-12-4-1-10(14(19)7-12)3-6-16(22)21-9-11-2-5-13(18)8-15(11)20/h1-2,4-5,7-8H,3,6,9H2,(H,21,22). The number of rotatable bonds is 5. The fourth-order valence-corrected chi connectivity index (χ4v) is 2.90. The van der Waals surface area contributed by atoms with E-state index in [-0.39, 0.29) is 5.91 Å². The Morgan fingerprint density at radius 1 is 0.864 bits per heavy atom. The van der Waals surface area contributed by atoms with E-state index < -0.39 is 0 Å². The maximum absolute atomic E-state index is 11.9. The van der Waals surface area contributed by atoms with Crippen LogP contribution in [0.2, 0.25) is 20.1 Å². The van der Waals surface area contributed by atoms with Crippen molar-refractivity contribution < 1.29 is 4.79 Å². The molecule has 0 spiro atoms. The van der Waals surface area contributed by atoms with E-state index >= 15 is 0 Å². The van der Waals surface area contributed by atoms with Gasteiger partial charge in [0.05, 0.1) is 0 Å². The van der Waals surface area contributed by atoms with E-state index in [1.807, 2.05) is 6.07 Å². The SMILES string of the molecule is O=C(CCc1ccc(Cl)cc1Cl)NCc1ccc(Cl)cc1Cl. The quantitative estimate of drug-likeness (QED) is 0.728. The molecule has 0 aliphatic carbocycles. The van der Waals surface area contributed by atoms with Gasteiger partial charge in [0.1, 0.15) is 0 Å². The lowest BCUT2D eigenvalue weighted by Gasteiger charge is -2.08. The van der Waals surface area contributed by atoms with Crippen LogP contribution in [-0.4, -0.2) is 5.91 Å². The summed E-state index contributed by atoms with van der Waals surface area (Å²) in [6, 6.07) is 10.4. The predicted octanol–water partition coefficient (Wildman–Crippen LogP) is 5.55. The minimum Gasteiger partial charge on any atom is -0.352 e. The Hall–Kier alpha value is -0.930. The highest BCUT2D eigenvalue weighted by atomic mass is 35.5. The van der Waals surface area contributed by atoms with Crippen molar-refractivity contribution >= 4 is 52.3 Å². The highest BCUT2D eigenvalue weighted by Gasteiger charge is 2.07. The molecule has 0 aliphatic heterocycles. The largest absolute Gasteiger partial charge is 0.352 e. The second-order valence-electron chi connectivity index (χ2n) is 4.75. The number of hydrogen-bond acceptors (Lipinski definition) is 1. The van der Waals surface area contributed by atoms with E-state index in [1.165, 1.54) is 0 Å². The first kappa shape index (κ1) is 17.4. The van der Waals surface area contributed by atoms with Gasteiger partial charge in [-0.1, -0.05) is 58.5 Å². The van der Waals surface area contributed by atoms with Crippen LogP contribution < -0.4 is 5.32 Å². The van der Waals surface area contributed by atoms with Gasteiger partial charge < -0.3 is 5.32 Å². The van der Waals surface area contributed by atoms with Crippen LogP contribution in [0.3, 0.4) is 0 Å². The molecule has 0 unspecified atom stereocenters. The van der Waals surface area contributed by atoms with Crippen molar-refractivity contribution in [3.63, 3.8) is 0 Å². The number of aryl methyl sites for hydroxylation is 1. The zero-order valence-electron chi connectivity index (χ0n) is 11.5. The Morgan fingerprint density at radius 3 is 1.95 bits per heavy atom. The molecule has 6 heteroatoms. The van der Waals surface area contributed by atoms with Crippen LogP contribution in [0, 0.1) is 0 Å². The molecule has 1 N–H and O–H groups in total. The zero-order valence-corrected chi connectivity index (χ0v) is 14.5. The van der Waals surface area contributed by atoms with E-state index in [0.29, 0.717) is 39.5 Å².